The highest BCUT2D eigenvalue weighted by Gasteiger charge is 2.10. The van der Waals surface area contributed by atoms with E-state index < -0.39 is 0 Å². The van der Waals surface area contributed by atoms with E-state index in [0.29, 0.717) is 13.0 Å². The zero-order chi connectivity index (χ0) is 13.5. The zero-order valence-electron chi connectivity index (χ0n) is 10.9. The van der Waals surface area contributed by atoms with Gasteiger partial charge in [-0.15, -0.1) is 0 Å². The fourth-order valence-electron chi connectivity index (χ4n) is 1.70. The molecule has 4 heteroatoms. The zero-order valence-corrected chi connectivity index (χ0v) is 12.5. The van der Waals surface area contributed by atoms with Gasteiger partial charge < -0.3 is 11.1 Å². The highest BCUT2D eigenvalue weighted by Crippen LogP contribution is 2.21. The maximum Gasteiger partial charge on any atom is 0.220 e. The first kappa shape index (κ1) is 15.2. The van der Waals surface area contributed by atoms with Crippen LogP contribution in [-0.4, -0.2) is 18.5 Å². The summed E-state index contributed by atoms with van der Waals surface area (Å²) < 4.78 is 1.06. The van der Waals surface area contributed by atoms with Crippen LogP contribution in [0.4, 0.5) is 0 Å². The van der Waals surface area contributed by atoms with E-state index in [1.807, 2.05) is 31.2 Å². The van der Waals surface area contributed by atoms with E-state index in [-0.39, 0.29) is 17.9 Å². The average Bonchev–Trinajstić information content (AvgIpc) is 2.29. The SMILES string of the molecule is CC(N)CCNC(=O)CC(C)c1ccc(Br)cc1. The maximum atomic E-state index is 11.7. The molecule has 1 aromatic carbocycles. The Labute approximate surface area is 117 Å². The number of halogens is 1. The van der Waals surface area contributed by atoms with Crippen LogP contribution >= 0.6 is 15.9 Å². The molecule has 0 spiro atoms. The molecule has 3 N–H and O–H groups in total. The minimum absolute atomic E-state index is 0.0890. The lowest BCUT2D eigenvalue weighted by Crippen LogP contribution is -2.29. The smallest absolute Gasteiger partial charge is 0.220 e. The number of carbonyl (C=O) groups excluding carboxylic acids is 1. The maximum absolute atomic E-state index is 11.7. The Balaban J connectivity index is 2.37. The van der Waals surface area contributed by atoms with Crippen molar-refractivity contribution in [2.45, 2.75) is 38.6 Å². The second-order valence-corrected chi connectivity index (χ2v) is 5.69. The largest absolute Gasteiger partial charge is 0.356 e. The summed E-state index contributed by atoms with van der Waals surface area (Å²) in [6.45, 7) is 4.66. The van der Waals surface area contributed by atoms with E-state index in [2.05, 4.69) is 28.2 Å². The van der Waals surface area contributed by atoms with E-state index in [1.54, 1.807) is 0 Å². The third-order valence-corrected chi connectivity index (χ3v) is 3.38. The molecule has 0 saturated heterocycles. The van der Waals surface area contributed by atoms with E-state index in [1.165, 1.54) is 5.56 Å². The van der Waals surface area contributed by atoms with Crippen LogP contribution in [0.15, 0.2) is 28.7 Å². The van der Waals surface area contributed by atoms with Crippen molar-refractivity contribution in [1.82, 2.24) is 5.32 Å². The van der Waals surface area contributed by atoms with Crippen molar-refractivity contribution in [3.63, 3.8) is 0 Å². The van der Waals surface area contributed by atoms with Crippen molar-refractivity contribution in [2.24, 2.45) is 5.73 Å². The molecule has 0 bridgehead atoms. The molecule has 0 aliphatic carbocycles. The van der Waals surface area contributed by atoms with Gasteiger partial charge in [-0.3, -0.25) is 4.79 Å². The molecule has 0 fully saturated rings. The van der Waals surface area contributed by atoms with Crippen LogP contribution in [0, 0.1) is 0 Å². The monoisotopic (exact) mass is 312 g/mol. The van der Waals surface area contributed by atoms with E-state index in [4.69, 9.17) is 5.73 Å². The third-order valence-electron chi connectivity index (χ3n) is 2.85. The van der Waals surface area contributed by atoms with Gasteiger partial charge in [-0.25, -0.2) is 0 Å². The number of nitrogens with two attached hydrogens (primary N) is 1. The number of rotatable bonds is 6. The van der Waals surface area contributed by atoms with Gasteiger partial charge in [0.25, 0.3) is 0 Å². The number of amides is 1. The molecule has 1 rings (SSSR count). The first-order valence-corrected chi connectivity index (χ1v) is 7.06. The van der Waals surface area contributed by atoms with Crippen molar-refractivity contribution < 1.29 is 4.79 Å². The van der Waals surface area contributed by atoms with Crippen LogP contribution in [-0.2, 0) is 4.79 Å². The number of carbonyl (C=O) groups is 1. The van der Waals surface area contributed by atoms with Crippen LogP contribution in [0.1, 0.15) is 38.2 Å². The van der Waals surface area contributed by atoms with Gasteiger partial charge in [-0.2, -0.15) is 0 Å². The second kappa shape index (κ2) is 7.54. The first-order valence-electron chi connectivity index (χ1n) is 6.26. The molecule has 100 valence electrons. The lowest BCUT2D eigenvalue weighted by atomic mass is 9.97. The van der Waals surface area contributed by atoms with Gasteiger partial charge in [0, 0.05) is 23.5 Å². The lowest BCUT2D eigenvalue weighted by molar-refractivity contribution is -0.121. The predicted octanol–water partition coefficient (Wildman–Crippen LogP) is 2.80. The number of benzene rings is 1. The van der Waals surface area contributed by atoms with Gasteiger partial charge in [-0.05, 0) is 37.0 Å². The molecule has 0 aliphatic heterocycles. The molecule has 0 saturated carbocycles. The summed E-state index contributed by atoms with van der Waals surface area (Å²) in [6, 6.07) is 8.22. The van der Waals surface area contributed by atoms with Crippen LogP contribution in [0.2, 0.25) is 0 Å². The predicted molar refractivity (Wildman–Crippen MR) is 78.5 cm³/mol. The van der Waals surface area contributed by atoms with Gasteiger partial charge in [0.05, 0.1) is 0 Å². The van der Waals surface area contributed by atoms with E-state index >= 15 is 0 Å². The van der Waals surface area contributed by atoms with Crippen LogP contribution in [0.5, 0.6) is 0 Å². The van der Waals surface area contributed by atoms with E-state index in [9.17, 15) is 4.79 Å². The van der Waals surface area contributed by atoms with Crippen molar-refractivity contribution in [3.8, 4) is 0 Å². The fourth-order valence-corrected chi connectivity index (χ4v) is 1.96. The fraction of sp³-hybridized carbons (Fsp3) is 0.500. The second-order valence-electron chi connectivity index (χ2n) is 4.77. The number of nitrogens with one attached hydrogen (secondary N) is 1. The third kappa shape index (κ3) is 5.65. The highest BCUT2D eigenvalue weighted by molar-refractivity contribution is 9.10. The Hall–Kier alpha value is -0.870. The van der Waals surface area contributed by atoms with Gasteiger partial charge in [0.2, 0.25) is 5.91 Å². The van der Waals surface area contributed by atoms with Crippen LogP contribution in [0.3, 0.4) is 0 Å². The molecule has 18 heavy (non-hydrogen) atoms. The minimum atomic E-state index is 0.0890. The first-order chi connectivity index (χ1) is 8.49. The molecular weight excluding hydrogens is 292 g/mol. The quantitative estimate of drug-likeness (QED) is 0.848. The Bertz CT molecular complexity index is 376. The molecule has 0 heterocycles. The van der Waals surface area contributed by atoms with Crippen molar-refractivity contribution in [2.75, 3.05) is 6.54 Å². The van der Waals surface area contributed by atoms with Crippen molar-refractivity contribution in [1.29, 1.82) is 0 Å². The van der Waals surface area contributed by atoms with Crippen LogP contribution < -0.4 is 11.1 Å². The number of hydrogen-bond acceptors (Lipinski definition) is 2. The standard InChI is InChI=1S/C14H21BrN2O/c1-10(12-3-5-13(15)6-4-12)9-14(18)17-8-7-11(2)16/h3-6,10-11H,7-9,16H2,1-2H3,(H,17,18). The summed E-state index contributed by atoms with van der Waals surface area (Å²) in [5, 5.41) is 2.90. The summed E-state index contributed by atoms with van der Waals surface area (Å²) in [7, 11) is 0. The normalized spacial score (nSPS) is 14.0. The Morgan fingerprint density at radius 1 is 1.33 bits per heavy atom. The molecule has 0 radical (unpaired) electrons. The van der Waals surface area contributed by atoms with Gasteiger partial charge >= 0.3 is 0 Å². The van der Waals surface area contributed by atoms with E-state index in [0.717, 1.165) is 10.9 Å². The average molecular weight is 313 g/mol. The topological polar surface area (TPSA) is 55.1 Å². The molecule has 3 nitrogen and oxygen atoms in total. The lowest BCUT2D eigenvalue weighted by Gasteiger charge is -2.12. The highest BCUT2D eigenvalue weighted by atomic mass is 79.9. The molecule has 1 amide bonds. The summed E-state index contributed by atoms with van der Waals surface area (Å²) in [6.07, 6.45) is 1.33. The van der Waals surface area contributed by atoms with Gasteiger partial charge in [-0.1, -0.05) is 35.0 Å². The summed E-state index contributed by atoms with van der Waals surface area (Å²) in [4.78, 5) is 11.7. The van der Waals surface area contributed by atoms with Crippen molar-refractivity contribution in [3.05, 3.63) is 34.3 Å². The summed E-state index contributed by atoms with van der Waals surface area (Å²) in [5.41, 5.74) is 6.81. The molecule has 2 atom stereocenters. The molecule has 1 aromatic rings. The number of hydrogen-bond donors (Lipinski definition) is 2. The molecule has 0 aliphatic rings. The molecule has 0 aromatic heterocycles. The Morgan fingerprint density at radius 2 is 1.94 bits per heavy atom. The molecular formula is C14H21BrN2O. The summed E-state index contributed by atoms with van der Waals surface area (Å²) in [5.74, 6) is 0.319. The summed E-state index contributed by atoms with van der Waals surface area (Å²) >= 11 is 3.40. The van der Waals surface area contributed by atoms with Crippen molar-refractivity contribution >= 4 is 21.8 Å². The van der Waals surface area contributed by atoms with Gasteiger partial charge in [0.15, 0.2) is 0 Å². The Kier molecular flexibility index (Phi) is 6.36. The molecule has 2 unspecified atom stereocenters. The Morgan fingerprint density at radius 3 is 2.50 bits per heavy atom. The van der Waals surface area contributed by atoms with Crippen LogP contribution in [0.25, 0.3) is 0 Å². The minimum Gasteiger partial charge on any atom is -0.356 e. The van der Waals surface area contributed by atoms with Gasteiger partial charge in [0.1, 0.15) is 0 Å².